The second-order valence-electron chi connectivity index (χ2n) is 3.59. The number of hydrogen-bond acceptors (Lipinski definition) is 7. The minimum atomic E-state index is -4.69. The lowest BCUT2D eigenvalue weighted by atomic mass is 10.1. The number of carbonyl (C=O) groups excluding carboxylic acids is 1. The van der Waals surface area contributed by atoms with Crippen LogP contribution < -0.4 is 5.32 Å². The fraction of sp³-hybridized carbons (Fsp3) is 0.857. The van der Waals surface area contributed by atoms with Gasteiger partial charge in [-0.2, -0.15) is 12.6 Å². The molecule has 1 rings (SSSR count). The number of rotatable bonds is 5. The zero-order valence-corrected chi connectivity index (χ0v) is 10.8. The molecule has 0 aromatic heterocycles. The summed E-state index contributed by atoms with van der Waals surface area (Å²) in [6, 6.07) is 0. The van der Waals surface area contributed by atoms with Crippen molar-refractivity contribution in [2.75, 3.05) is 12.4 Å². The van der Waals surface area contributed by atoms with Crippen molar-refractivity contribution >= 4 is 26.4 Å². The second kappa shape index (κ2) is 6.31. The van der Waals surface area contributed by atoms with Gasteiger partial charge >= 0.3 is 7.82 Å². The Morgan fingerprint density at radius 1 is 1.39 bits per heavy atom. The number of nitrogens with one attached hydrogen (secondary N) is 1. The zero-order valence-electron chi connectivity index (χ0n) is 9.04. The van der Waals surface area contributed by atoms with Gasteiger partial charge in [0.1, 0.15) is 18.3 Å². The Balaban J connectivity index is 2.53. The number of thiol groups is 1. The fourth-order valence-electron chi connectivity index (χ4n) is 1.38. The molecule has 1 saturated heterocycles. The molecule has 1 heterocycles. The quantitative estimate of drug-likeness (QED) is 0.243. The summed E-state index contributed by atoms with van der Waals surface area (Å²) in [5.41, 5.74) is 0. The first-order valence-electron chi connectivity index (χ1n) is 4.86. The smallest absolute Gasteiger partial charge is 0.387 e. The molecule has 18 heavy (non-hydrogen) atoms. The van der Waals surface area contributed by atoms with Gasteiger partial charge < -0.3 is 30.1 Å². The van der Waals surface area contributed by atoms with Crippen LogP contribution >= 0.6 is 20.5 Å². The summed E-state index contributed by atoms with van der Waals surface area (Å²) >= 11 is 3.70. The highest BCUT2D eigenvalue weighted by Crippen LogP contribution is 2.37. The fourth-order valence-corrected chi connectivity index (χ4v) is 1.81. The van der Waals surface area contributed by atoms with Crippen molar-refractivity contribution in [3.63, 3.8) is 0 Å². The van der Waals surface area contributed by atoms with Crippen molar-refractivity contribution in [3.8, 4) is 0 Å². The minimum Gasteiger partial charge on any atom is -0.387 e. The van der Waals surface area contributed by atoms with E-state index in [0.717, 1.165) is 0 Å². The maximum absolute atomic E-state index is 11.0. The van der Waals surface area contributed by atoms with Gasteiger partial charge in [-0.15, -0.1) is 0 Å². The van der Waals surface area contributed by atoms with Crippen LogP contribution in [0.1, 0.15) is 0 Å². The third-order valence-electron chi connectivity index (χ3n) is 2.22. The summed E-state index contributed by atoms with van der Waals surface area (Å²) in [4.78, 5) is 28.0. The van der Waals surface area contributed by atoms with Crippen LogP contribution in [0.2, 0.25) is 0 Å². The van der Waals surface area contributed by atoms with Crippen LogP contribution in [0, 0.1) is 0 Å². The lowest BCUT2D eigenvalue weighted by Gasteiger charge is -2.15. The molecule has 1 fully saturated rings. The topological polar surface area (TPSA) is 146 Å². The first-order valence-corrected chi connectivity index (χ1v) is 7.03. The highest BCUT2D eigenvalue weighted by molar-refractivity contribution is 7.81. The predicted molar refractivity (Wildman–Crippen MR) is 60.7 cm³/mol. The Kier molecular flexibility index (Phi) is 5.56. The van der Waals surface area contributed by atoms with E-state index < -0.39 is 44.9 Å². The molecule has 0 saturated carbocycles. The minimum absolute atomic E-state index is 0.133. The number of aliphatic hydroxyl groups excluding tert-OH is 2. The third-order valence-corrected chi connectivity index (χ3v) is 2.99. The van der Waals surface area contributed by atoms with Crippen LogP contribution in [0.3, 0.4) is 0 Å². The average molecular weight is 303 g/mol. The van der Waals surface area contributed by atoms with E-state index in [0.29, 0.717) is 0 Å². The normalized spacial score (nSPS) is 32.5. The lowest BCUT2D eigenvalue weighted by molar-refractivity contribution is -0.124. The number of aliphatic hydroxyl groups is 2. The number of ether oxygens (including phenoxy) is 1. The van der Waals surface area contributed by atoms with Crippen molar-refractivity contribution in [2.45, 2.75) is 24.5 Å². The first-order chi connectivity index (χ1) is 8.24. The molecule has 0 radical (unpaired) electrons. The molecule has 1 aliphatic heterocycles. The molecule has 0 bridgehead atoms. The van der Waals surface area contributed by atoms with E-state index >= 15 is 0 Å². The van der Waals surface area contributed by atoms with Gasteiger partial charge in [0.2, 0.25) is 5.91 Å². The molecular formula is C7H14NO8PS. The standard InChI is InChI=1S/C7H14NO8PS/c9-4(2-18)8-7-6(11)5(10)3(16-7)1-15-17(12,13)14/h3,5-7,10-11,18H,1-2H2,(H,8,9)(H2,12,13,14)/t3-,5-,6-,7-/m1/s1. The molecule has 11 heteroatoms. The van der Waals surface area contributed by atoms with Crippen LogP contribution in [-0.4, -0.2) is 62.8 Å². The van der Waals surface area contributed by atoms with Crippen LogP contribution in [0.5, 0.6) is 0 Å². The molecule has 0 aromatic rings. The predicted octanol–water partition coefficient (Wildman–Crippen LogP) is -2.41. The Morgan fingerprint density at radius 3 is 2.50 bits per heavy atom. The maximum Gasteiger partial charge on any atom is 0.469 e. The van der Waals surface area contributed by atoms with E-state index in [-0.39, 0.29) is 5.75 Å². The summed E-state index contributed by atoms with van der Waals surface area (Å²) in [7, 11) is -4.69. The summed E-state index contributed by atoms with van der Waals surface area (Å²) in [6.07, 6.45) is -5.18. The molecule has 9 nitrogen and oxygen atoms in total. The number of amides is 1. The molecule has 1 aliphatic rings. The molecule has 0 unspecified atom stereocenters. The highest BCUT2D eigenvalue weighted by atomic mass is 32.1. The van der Waals surface area contributed by atoms with Crippen LogP contribution in [-0.2, 0) is 18.6 Å². The van der Waals surface area contributed by atoms with E-state index in [4.69, 9.17) is 14.5 Å². The van der Waals surface area contributed by atoms with Gasteiger partial charge in [0.25, 0.3) is 0 Å². The van der Waals surface area contributed by atoms with Gasteiger partial charge in [0, 0.05) is 0 Å². The van der Waals surface area contributed by atoms with Crippen molar-refractivity contribution in [3.05, 3.63) is 0 Å². The Morgan fingerprint density at radius 2 is 2.00 bits per heavy atom. The van der Waals surface area contributed by atoms with Crippen LogP contribution in [0.25, 0.3) is 0 Å². The zero-order chi connectivity index (χ0) is 13.9. The van der Waals surface area contributed by atoms with Gasteiger partial charge in [-0.1, -0.05) is 0 Å². The first kappa shape index (κ1) is 15.9. The molecule has 5 N–H and O–H groups in total. The number of hydrogen-bond donors (Lipinski definition) is 6. The summed E-state index contributed by atoms with van der Waals surface area (Å²) in [5, 5.41) is 21.3. The summed E-state index contributed by atoms with van der Waals surface area (Å²) in [5.74, 6) is -0.655. The van der Waals surface area contributed by atoms with Gasteiger partial charge in [0.05, 0.1) is 12.4 Å². The van der Waals surface area contributed by atoms with Crippen molar-refractivity contribution in [1.82, 2.24) is 5.32 Å². The van der Waals surface area contributed by atoms with E-state index in [1.165, 1.54) is 0 Å². The van der Waals surface area contributed by atoms with Gasteiger partial charge in [-0.25, -0.2) is 4.57 Å². The van der Waals surface area contributed by atoms with Crippen LogP contribution in [0.15, 0.2) is 0 Å². The summed E-state index contributed by atoms with van der Waals surface area (Å²) in [6.45, 7) is -0.615. The molecular weight excluding hydrogens is 289 g/mol. The largest absolute Gasteiger partial charge is 0.469 e. The second-order valence-corrected chi connectivity index (χ2v) is 5.14. The molecule has 106 valence electrons. The number of phosphoric ester groups is 1. The third kappa shape index (κ3) is 4.48. The molecule has 0 spiro atoms. The Hall–Kier alpha value is -0.190. The molecule has 0 aliphatic carbocycles. The SMILES string of the molecule is O=C(CS)N[C@@H]1O[C@H](COP(=O)(O)O)[C@@H](O)[C@H]1O. The van der Waals surface area contributed by atoms with Crippen molar-refractivity contribution < 1.29 is 38.6 Å². The number of phosphoric acid groups is 1. The van der Waals surface area contributed by atoms with Gasteiger partial charge in [0.15, 0.2) is 6.23 Å². The average Bonchev–Trinajstić information content (AvgIpc) is 2.53. The van der Waals surface area contributed by atoms with E-state index in [9.17, 15) is 19.6 Å². The Bertz CT molecular complexity index is 348. The van der Waals surface area contributed by atoms with E-state index in [1.54, 1.807) is 0 Å². The van der Waals surface area contributed by atoms with E-state index in [2.05, 4.69) is 22.5 Å². The highest BCUT2D eigenvalue weighted by Gasteiger charge is 2.44. The van der Waals surface area contributed by atoms with E-state index in [1.807, 2.05) is 0 Å². The van der Waals surface area contributed by atoms with Crippen LogP contribution in [0.4, 0.5) is 0 Å². The van der Waals surface area contributed by atoms with Gasteiger partial charge in [-0.3, -0.25) is 9.32 Å². The lowest BCUT2D eigenvalue weighted by Crippen LogP contribution is -2.44. The van der Waals surface area contributed by atoms with Gasteiger partial charge in [-0.05, 0) is 0 Å². The van der Waals surface area contributed by atoms with Crippen molar-refractivity contribution in [1.29, 1.82) is 0 Å². The molecule has 0 aromatic carbocycles. The summed E-state index contributed by atoms with van der Waals surface area (Å²) < 4.78 is 19.6. The maximum atomic E-state index is 11.0. The monoisotopic (exact) mass is 303 g/mol. The van der Waals surface area contributed by atoms with Crippen molar-refractivity contribution in [2.24, 2.45) is 0 Å². The number of carbonyl (C=O) groups is 1. The Labute approximate surface area is 108 Å². The molecule has 4 atom stereocenters. The molecule has 1 amide bonds.